The largest absolute Gasteiger partial charge is 0.365 e. The van der Waals surface area contributed by atoms with E-state index in [0.717, 1.165) is 17.3 Å². The zero-order valence-electron chi connectivity index (χ0n) is 23.9. The van der Waals surface area contributed by atoms with Crippen LogP contribution >= 0.6 is 0 Å². The molecular formula is C29H38N6O3Si. The van der Waals surface area contributed by atoms with Crippen LogP contribution in [0, 0.1) is 16.7 Å². The van der Waals surface area contributed by atoms with Gasteiger partial charge in [0.15, 0.2) is 11.4 Å². The molecule has 1 aromatic carbocycles. The topological polar surface area (TPSA) is 136 Å². The number of fused-ring (bicyclic) bond motifs is 1. The van der Waals surface area contributed by atoms with Crippen LogP contribution < -0.4 is 11.1 Å². The number of allylic oxidation sites excluding steroid dienone is 1. The van der Waals surface area contributed by atoms with Gasteiger partial charge in [0.25, 0.3) is 5.91 Å². The Kier molecular flexibility index (Phi) is 9.09. The Morgan fingerprint density at radius 2 is 1.85 bits per heavy atom. The fraction of sp³-hybridized carbons (Fsp3) is 0.414. The van der Waals surface area contributed by atoms with E-state index < -0.39 is 19.4 Å². The molecule has 0 aliphatic carbocycles. The maximum Gasteiger partial charge on any atom is 0.259 e. The Bertz CT molecular complexity index is 1440. The number of Topliss-reactive ketones (excluding diaryl/α,β-unsaturated/α-hetero) is 1. The molecule has 0 fully saturated rings. The normalized spacial score (nSPS) is 12.7. The molecule has 0 radical (unpaired) electrons. The highest BCUT2D eigenvalue weighted by molar-refractivity contribution is 6.76. The van der Waals surface area contributed by atoms with Crippen LogP contribution in [0.25, 0.3) is 16.7 Å². The maximum absolute atomic E-state index is 13.3. The molecule has 0 aliphatic heterocycles. The molecule has 10 heteroatoms. The first-order chi connectivity index (χ1) is 18.2. The Morgan fingerprint density at radius 1 is 1.18 bits per heavy atom. The number of nitrogens with two attached hydrogens (primary N) is 1. The van der Waals surface area contributed by atoms with Gasteiger partial charge in [0.05, 0.1) is 11.8 Å². The summed E-state index contributed by atoms with van der Waals surface area (Å²) in [6.45, 7) is 15.4. The molecule has 2 heterocycles. The standard InChI is InChI=1S/C29H38N6O3Si/c1-8-21(22(15-30)27(31)37)19-9-11-20(12-10-19)33-24-16-32-28-25(34-24)23(26(36)29(2,3)4)17-35(28)18-38-13-14-39(5,6)7/h9-12,16-17H,8,13-14,18H2,1-7H3,(H2,31,37)(H,33,34). The first kappa shape index (κ1) is 29.7. The summed E-state index contributed by atoms with van der Waals surface area (Å²) in [5, 5.41) is 12.6. The van der Waals surface area contributed by atoms with Crippen LogP contribution in [0.3, 0.4) is 0 Å². The van der Waals surface area contributed by atoms with Gasteiger partial charge < -0.3 is 20.4 Å². The van der Waals surface area contributed by atoms with E-state index in [1.54, 1.807) is 12.4 Å². The van der Waals surface area contributed by atoms with Gasteiger partial charge in [-0.15, -0.1) is 0 Å². The van der Waals surface area contributed by atoms with Gasteiger partial charge in [-0.25, -0.2) is 9.97 Å². The number of rotatable bonds is 11. The van der Waals surface area contributed by atoms with Gasteiger partial charge in [-0.05, 0) is 35.7 Å². The van der Waals surface area contributed by atoms with Crippen LogP contribution in [0.4, 0.5) is 11.5 Å². The van der Waals surface area contributed by atoms with Gasteiger partial charge in [-0.1, -0.05) is 59.5 Å². The molecule has 0 aliphatic rings. The van der Waals surface area contributed by atoms with E-state index in [9.17, 15) is 14.9 Å². The number of hydrogen-bond acceptors (Lipinski definition) is 7. The van der Waals surface area contributed by atoms with Crippen LogP contribution in [0.15, 0.2) is 42.2 Å². The highest BCUT2D eigenvalue weighted by Crippen LogP contribution is 2.29. The summed E-state index contributed by atoms with van der Waals surface area (Å²) in [5.41, 5.74) is 8.42. The number of hydrogen-bond donors (Lipinski definition) is 2. The smallest absolute Gasteiger partial charge is 0.259 e. The Morgan fingerprint density at radius 3 is 2.38 bits per heavy atom. The first-order valence-corrected chi connectivity index (χ1v) is 16.7. The Balaban J connectivity index is 1.92. The number of ketones is 1. The van der Waals surface area contributed by atoms with E-state index in [1.165, 1.54) is 0 Å². The number of nitrogens with zero attached hydrogens (tertiary/aromatic N) is 4. The number of primary amides is 1. The molecular weight excluding hydrogens is 508 g/mol. The van der Waals surface area contributed by atoms with E-state index in [0.29, 0.717) is 47.9 Å². The second-order valence-corrected chi connectivity index (χ2v) is 17.4. The zero-order valence-corrected chi connectivity index (χ0v) is 24.9. The van der Waals surface area contributed by atoms with Crippen LogP contribution in [-0.2, 0) is 16.3 Å². The third-order valence-electron chi connectivity index (χ3n) is 6.24. The molecule has 1 amide bonds. The third kappa shape index (κ3) is 7.40. The molecule has 0 saturated heterocycles. The molecule has 3 N–H and O–H groups in total. The van der Waals surface area contributed by atoms with Gasteiger partial charge in [0, 0.05) is 32.0 Å². The molecule has 0 saturated carbocycles. The summed E-state index contributed by atoms with van der Waals surface area (Å²) in [6.07, 6.45) is 3.90. The molecule has 0 bridgehead atoms. The quantitative estimate of drug-likeness (QED) is 0.101. The maximum atomic E-state index is 13.3. The molecule has 3 rings (SSSR count). The molecule has 0 spiro atoms. The number of benzene rings is 1. The van der Waals surface area contributed by atoms with Crippen molar-refractivity contribution in [1.82, 2.24) is 14.5 Å². The SMILES string of the molecule is CCC(=C(C#N)C(N)=O)c1ccc(Nc2cnc3c(n2)c(C(=O)C(C)(C)C)cn3COCC[Si](C)(C)C)cc1. The average molecular weight is 547 g/mol. The minimum atomic E-state index is -1.22. The fourth-order valence-electron chi connectivity index (χ4n) is 4.02. The summed E-state index contributed by atoms with van der Waals surface area (Å²) in [4.78, 5) is 34.3. The number of nitriles is 1. The second kappa shape index (κ2) is 11.9. The molecule has 206 valence electrons. The first-order valence-electron chi connectivity index (χ1n) is 13.0. The van der Waals surface area contributed by atoms with Crippen molar-refractivity contribution < 1.29 is 14.3 Å². The predicted molar refractivity (Wildman–Crippen MR) is 157 cm³/mol. The number of carbonyl (C=O) groups is 2. The van der Waals surface area contributed by atoms with Gasteiger partial charge in [-0.3, -0.25) is 9.59 Å². The number of carbonyl (C=O) groups excluding carboxylic acids is 2. The van der Waals surface area contributed by atoms with Gasteiger partial charge in [0.1, 0.15) is 29.7 Å². The van der Waals surface area contributed by atoms with Crippen molar-refractivity contribution in [3.63, 3.8) is 0 Å². The summed E-state index contributed by atoms with van der Waals surface area (Å²) < 4.78 is 7.78. The van der Waals surface area contributed by atoms with Crippen molar-refractivity contribution >= 4 is 48.0 Å². The minimum Gasteiger partial charge on any atom is -0.365 e. The number of ether oxygens (including phenoxy) is 1. The summed E-state index contributed by atoms with van der Waals surface area (Å²) in [6, 6.07) is 10.2. The third-order valence-corrected chi connectivity index (χ3v) is 7.94. The van der Waals surface area contributed by atoms with Crippen molar-refractivity contribution in [3.8, 4) is 6.07 Å². The molecule has 0 unspecified atom stereocenters. The van der Waals surface area contributed by atoms with Crippen molar-refractivity contribution in [2.24, 2.45) is 11.1 Å². The Labute approximate surface area is 231 Å². The molecule has 2 aromatic heterocycles. The van der Waals surface area contributed by atoms with E-state index in [2.05, 4.69) is 29.9 Å². The molecule has 39 heavy (non-hydrogen) atoms. The predicted octanol–water partition coefficient (Wildman–Crippen LogP) is 5.89. The summed E-state index contributed by atoms with van der Waals surface area (Å²) in [7, 11) is -1.22. The van der Waals surface area contributed by atoms with E-state index >= 15 is 0 Å². The lowest BCUT2D eigenvalue weighted by Gasteiger charge is -2.16. The van der Waals surface area contributed by atoms with E-state index in [1.807, 2.05) is 62.6 Å². The van der Waals surface area contributed by atoms with Gasteiger partial charge in [-0.2, -0.15) is 5.26 Å². The summed E-state index contributed by atoms with van der Waals surface area (Å²) in [5.74, 6) is -0.281. The van der Waals surface area contributed by atoms with E-state index in [4.69, 9.17) is 15.5 Å². The second-order valence-electron chi connectivity index (χ2n) is 11.8. The van der Waals surface area contributed by atoms with Crippen molar-refractivity contribution in [3.05, 3.63) is 53.4 Å². The lowest BCUT2D eigenvalue weighted by atomic mass is 9.87. The Hall–Kier alpha value is -3.81. The minimum absolute atomic E-state index is 0.0224. The average Bonchev–Trinajstić information content (AvgIpc) is 3.21. The monoisotopic (exact) mass is 546 g/mol. The molecule has 3 aromatic rings. The van der Waals surface area contributed by atoms with Crippen LogP contribution in [0.1, 0.15) is 50.0 Å². The van der Waals surface area contributed by atoms with Crippen LogP contribution in [0.2, 0.25) is 25.7 Å². The number of amides is 1. The molecule has 9 nitrogen and oxygen atoms in total. The summed E-state index contributed by atoms with van der Waals surface area (Å²) >= 11 is 0. The lowest BCUT2D eigenvalue weighted by molar-refractivity contribution is -0.114. The van der Waals surface area contributed by atoms with Crippen LogP contribution in [-0.4, -0.2) is 40.9 Å². The number of anilines is 2. The number of aromatic nitrogens is 3. The van der Waals surface area contributed by atoms with Crippen LogP contribution in [0.5, 0.6) is 0 Å². The number of nitrogens with one attached hydrogen (secondary N) is 1. The molecule has 0 atom stereocenters. The fourth-order valence-corrected chi connectivity index (χ4v) is 4.78. The van der Waals surface area contributed by atoms with Crippen molar-refractivity contribution in [1.29, 1.82) is 5.26 Å². The highest BCUT2D eigenvalue weighted by Gasteiger charge is 2.28. The van der Waals surface area contributed by atoms with Gasteiger partial charge in [0.2, 0.25) is 0 Å². The zero-order chi connectivity index (χ0) is 29.0. The lowest BCUT2D eigenvalue weighted by Crippen LogP contribution is -2.22. The van der Waals surface area contributed by atoms with Crippen molar-refractivity contribution in [2.45, 2.75) is 66.5 Å². The van der Waals surface area contributed by atoms with E-state index in [-0.39, 0.29) is 11.4 Å². The van der Waals surface area contributed by atoms with Gasteiger partial charge >= 0.3 is 0 Å². The highest BCUT2D eigenvalue weighted by atomic mass is 28.3. The van der Waals surface area contributed by atoms with Crippen molar-refractivity contribution in [2.75, 3.05) is 11.9 Å².